The highest BCUT2D eigenvalue weighted by Gasteiger charge is 2.28. The second-order valence-electron chi connectivity index (χ2n) is 5.45. The largest absolute Gasteiger partial charge is 0.273 e. The fourth-order valence-electron chi connectivity index (χ4n) is 2.41. The van der Waals surface area contributed by atoms with Crippen LogP contribution in [0.4, 0.5) is 10.1 Å². The quantitative estimate of drug-likeness (QED) is 0.697. The van der Waals surface area contributed by atoms with Crippen LogP contribution in [0.25, 0.3) is 10.6 Å². The van der Waals surface area contributed by atoms with Gasteiger partial charge in [0, 0.05) is 12.6 Å². The summed E-state index contributed by atoms with van der Waals surface area (Å²) in [4.78, 5) is 11.7. The van der Waals surface area contributed by atoms with E-state index >= 15 is 0 Å². The number of H-pyrrole nitrogens is 1. The maximum atomic E-state index is 14.2. The van der Waals surface area contributed by atoms with Gasteiger partial charge in [0.05, 0.1) is 10.6 Å². The molecule has 0 fully saturated rings. The Morgan fingerprint density at radius 3 is 2.58 bits per heavy atom. The van der Waals surface area contributed by atoms with Crippen molar-refractivity contribution in [3.05, 3.63) is 64.7 Å². The molecular formula is C17H16FN3O3S2. The van der Waals surface area contributed by atoms with E-state index in [9.17, 15) is 17.6 Å². The molecule has 9 heteroatoms. The summed E-state index contributed by atoms with van der Waals surface area (Å²) in [5, 5.41) is 6.22. The van der Waals surface area contributed by atoms with Gasteiger partial charge in [-0.1, -0.05) is 19.1 Å². The molecule has 0 aliphatic heterocycles. The van der Waals surface area contributed by atoms with Gasteiger partial charge in [-0.15, -0.1) is 11.3 Å². The summed E-state index contributed by atoms with van der Waals surface area (Å²) in [5.74, 6) is -0.594. The number of sulfonamides is 1. The van der Waals surface area contributed by atoms with Crippen molar-refractivity contribution in [3.63, 3.8) is 0 Å². The van der Waals surface area contributed by atoms with E-state index in [-0.39, 0.29) is 22.0 Å². The molecule has 0 atom stereocenters. The van der Waals surface area contributed by atoms with Gasteiger partial charge in [0.1, 0.15) is 15.7 Å². The number of halogens is 1. The van der Waals surface area contributed by atoms with Crippen LogP contribution in [0.5, 0.6) is 0 Å². The summed E-state index contributed by atoms with van der Waals surface area (Å²) < 4.78 is 41.5. The van der Waals surface area contributed by atoms with Gasteiger partial charge in [-0.05, 0) is 36.8 Å². The molecule has 2 aromatic heterocycles. The Labute approximate surface area is 154 Å². The molecule has 6 nitrogen and oxygen atoms in total. The molecule has 2 heterocycles. The third-order valence-corrected chi connectivity index (χ3v) is 6.99. The van der Waals surface area contributed by atoms with Crippen LogP contribution in [-0.2, 0) is 10.0 Å². The first kappa shape index (κ1) is 18.3. The van der Waals surface area contributed by atoms with Crippen molar-refractivity contribution in [2.24, 2.45) is 0 Å². The SMILES string of the molecule is CCCN(c1ccccc1F)S(=O)(=O)c1ccc(-c2ccc(=O)[nH]n2)s1. The molecule has 0 spiro atoms. The van der Waals surface area contributed by atoms with Crippen LogP contribution in [0.3, 0.4) is 0 Å². The molecule has 0 saturated carbocycles. The maximum absolute atomic E-state index is 14.2. The van der Waals surface area contributed by atoms with Gasteiger partial charge in [-0.2, -0.15) is 5.10 Å². The van der Waals surface area contributed by atoms with E-state index in [0.29, 0.717) is 17.0 Å². The summed E-state index contributed by atoms with van der Waals surface area (Å²) >= 11 is 1.02. The number of hydrogen-bond donors (Lipinski definition) is 1. The summed E-state index contributed by atoms with van der Waals surface area (Å²) in [7, 11) is -3.92. The van der Waals surface area contributed by atoms with Crippen molar-refractivity contribution >= 4 is 27.0 Å². The number of rotatable bonds is 6. The van der Waals surface area contributed by atoms with Crippen LogP contribution in [-0.4, -0.2) is 25.2 Å². The molecule has 136 valence electrons. The van der Waals surface area contributed by atoms with E-state index in [1.54, 1.807) is 12.1 Å². The Bertz CT molecular complexity index is 1060. The zero-order valence-electron chi connectivity index (χ0n) is 13.8. The number of aromatic amines is 1. The molecule has 3 aromatic rings. The summed E-state index contributed by atoms with van der Waals surface area (Å²) in [6.07, 6.45) is 0.535. The molecule has 26 heavy (non-hydrogen) atoms. The molecule has 1 N–H and O–H groups in total. The lowest BCUT2D eigenvalue weighted by Gasteiger charge is -2.23. The Hall–Kier alpha value is -2.52. The van der Waals surface area contributed by atoms with Crippen LogP contribution in [0.1, 0.15) is 13.3 Å². The predicted octanol–water partition coefficient (Wildman–Crippen LogP) is 3.24. The lowest BCUT2D eigenvalue weighted by Crippen LogP contribution is -2.32. The van der Waals surface area contributed by atoms with Gasteiger partial charge in [-0.25, -0.2) is 17.9 Å². The minimum atomic E-state index is -3.92. The highest BCUT2D eigenvalue weighted by Crippen LogP contribution is 2.33. The second kappa shape index (κ2) is 7.38. The fraction of sp³-hybridized carbons (Fsp3) is 0.176. The summed E-state index contributed by atoms with van der Waals surface area (Å²) in [5.41, 5.74) is 0.141. The first-order chi connectivity index (χ1) is 12.4. The molecule has 0 aliphatic rings. The zero-order chi connectivity index (χ0) is 18.7. The van der Waals surface area contributed by atoms with Gasteiger partial charge in [0.25, 0.3) is 15.6 Å². The molecule has 0 bridgehead atoms. The van der Waals surface area contributed by atoms with E-state index in [2.05, 4.69) is 10.2 Å². The average Bonchev–Trinajstić information content (AvgIpc) is 3.12. The smallest absolute Gasteiger partial charge is 0.268 e. The van der Waals surface area contributed by atoms with Crippen molar-refractivity contribution in [1.82, 2.24) is 10.2 Å². The molecule has 0 radical (unpaired) electrons. The molecular weight excluding hydrogens is 377 g/mol. The van der Waals surface area contributed by atoms with Crippen LogP contribution in [0, 0.1) is 5.82 Å². The Kier molecular flexibility index (Phi) is 5.19. The highest BCUT2D eigenvalue weighted by atomic mass is 32.2. The molecule has 0 unspecified atom stereocenters. The zero-order valence-corrected chi connectivity index (χ0v) is 15.5. The molecule has 0 amide bonds. The lowest BCUT2D eigenvalue weighted by molar-refractivity contribution is 0.586. The number of nitrogens with zero attached hydrogens (tertiary/aromatic N) is 2. The minimum Gasteiger partial charge on any atom is -0.268 e. The van der Waals surface area contributed by atoms with Gasteiger partial charge >= 0.3 is 0 Å². The number of para-hydroxylation sites is 1. The maximum Gasteiger partial charge on any atom is 0.273 e. The first-order valence-corrected chi connectivity index (χ1v) is 10.1. The van der Waals surface area contributed by atoms with E-state index < -0.39 is 15.8 Å². The number of benzene rings is 1. The second-order valence-corrected chi connectivity index (χ2v) is 8.63. The molecule has 0 aliphatic carbocycles. The van der Waals surface area contributed by atoms with E-state index in [1.165, 1.54) is 36.4 Å². The van der Waals surface area contributed by atoms with Gasteiger partial charge in [0.2, 0.25) is 0 Å². The van der Waals surface area contributed by atoms with Crippen molar-refractivity contribution in [3.8, 4) is 10.6 Å². The van der Waals surface area contributed by atoms with E-state index in [0.717, 1.165) is 15.6 Å². The average molecular weight is 393 g/mol. The van der Waals surface area contributed by atoms with Crippen molar-refractivity contribution in [2.45, 2.75) is 17.6 Å². The lowest BCUT2D eigenvalue weighted by atomic mass is 10.3. The van der Waals surface area contributed by atoms with E-state index in [4.69, 9.17) is 0 Å². The van der Waals surface area contributed by atoms with Crippen LogP contribution in [0.15, 0.2) is 57.5 Å². The highest BCUT2D eigenvalue weighted by molar-refractivity contribution is 7.94. The summed E-state index contributed by atoms with van der Waals surface area (Å²) in [6, 6.07) is 11.7. The molecule has 0 saturated heterocycles. The normalized spacial score (nSPS) is 11.5. The number of thiophene rings is 1. The fourth-order valence-corrected chi connectivity index (χ4v) is 5.37. The number of nitrogens with one attached hydrogen (secondary N) is 1. The Morgan fingerprint density at radius 1 is 1.15 bits per heavy atom. The van der Waals surface area contributed by atoms with Crippen LogP contribution < -0.4 is 9.86 Å². The standard InChI is InChI=1S/C17H16FN3O3S2/c1-2-11-21(14-6-4-3-5-12(14)18)26(23,24)17-10-8-15(25-17)13-7-9-16(22)20-19-13/h3-10H,2,11H2,1H3,(H,20,22). The van der Waals surface area contributed by atoms with Gasteiger partial charge in [0.15, 0.2) is 0 Å². The van der Waals surface area contributed by atoms with Gasteiger partial charge < -0.3 is 0 Å². The van der Waals surface area contributed by atoms with Crippen LogP contribution >= 0.6 is 11.3 Å². The van der Waals surface area contributed by atoms with Crippen LogP contribution in [0.2, 0.25) is 0 Å². The molecule has 3 rings (SSSR count). The molecule has 1 aromatic carbocycles. The van der Waals surface area contributed by atoms with Gasteiger partial charge in [-0.3, -0.25) is 9.10 Å². The Morgan fingerprint density at radius 2 is 1.92 bits per heavy atom. The third kappa shape index (κ3) is 3.54. The topological polar surface area (TPSA) is 83.1 Å². The number of anilines is 1. The summed E-state index contributed by atoms with van der Waals surface area (Å²) in [6.45, 7) is 1.99. The minimum absolute atomic E-state index is 0.0199. The van der Waals surface area contributed by atoms with E-state index in [1.807, 2.05) is 6.92 Å². The first-order valence-electron chi connectivity index (χ1n) is 7.86. The number of hydrogen-bond acceptors (Lipinski definition) is 5. The van der Waals surface area contributed by atoms with Crippen molar-refractivity contribution in [1.29, 1.82) is 0 Å². The van der Waals surface area contributed by atoms with Crippen molar-refractivity contribution in [2.75, 3.05) is 10.8 Å². The third-order valence-electron chi connectivity index (χ3n) is 3.61. The Balaban J connectivity index is 2.02. The van der Waals surface area contributed by atoms with Crippen molar-refractivity contribution < 1.29 is 12.8 Å². The monoisotopic (exact) mass is 393 g/mol. The number of aromatic nitrogens is 2. The predicted molar refractivity (Wildman–Crippen MR) is 99.4 cm³/mol.